The predicted octanol–water partition coefficient (Wildman–Crippen LogP) is 0.947. The van der Waals surface area contributed by atoms with Crippen LogP contribution in [0.4, 0.5) is 0 Å². The third-order valence-corrected chi connectivity index (χ3v) is 3.74. The van der Waals surface area contributed by atoms with Crippen LogP contribution in [0.3, 0.4) is 0 Å². The van der Waals surface area contributed by atoms with Crippen molar-refractivity contribution in [1.29, 1.82) is 0 Å². The van der Waals surface area contributed by atoms with E-state index in [0.29, 0.717) is 11.5 Å². The van der Waals surface area contributed by atoms with Crippen molar-refractivity contribution in [3.8, 4) is 0 Å². The van der Waals surface area contributed by atoms with E-state index in [4.69, 9.17) is 15.0 Å². The molecule has 0 aromatic rings. The van der Waals surface area contributed by atoms with Crippen LogP contribution in [0.2, 0.25) is 0 Å². The second kappa shape index (κ2) is 4.05. The Morgan fingerprint density at radius 3 is 2.65 bits per heavy atom. The molecule has 0 saturated carbocycles. The summed E-state index contributed by atoms with van der Waals surface area (Å²) in [6, 6.07) is 0. The third kappa shape index (κ3) is 2.13. The first-order valence-electron chi connectivity index (χ1n) is 5.03. The minimum absolute atomic E-state index is 0.0999. The number of allylic oxidation sites excluding steroid dienone is 5. The van der Waals surface area contributed by atoms with Crippen LogP contribution in [0.5, 0.6) is 0 Å². The van der Waals surface area contributed by atoms with Gasteiger partial charge >= 0.3 is 0 Å². The van der Waals surface area contributed by atoms with E-state index in [1.807, 2.05) is 0 Å². The lowest BCUT2D eigenvalue weighted by Gasteiger charge is -2.27. The largest absolute Gasteiger partial charge is 0.495 e. The summed E-state index contributed by atoms with van der Waals surface area (Å²) >= 11 is 0. The average Bonchev–Trinajstić information content (AvgIpc) is 2.28. The van der Waals surface area contributed by atoms with E-state index in [1.54, 1.807) is 18.2 Å². The summed E-state index contributed by atoms with van der Waals surface area (Å²) in [7, 11) is -2.63. The van der Waals surface area contributed by atoms with Gasteiger partial charge in [-0.2, -0.15) is 8.42 Å². The van der Waals surface area contributed by atoms with Crippen LogP contribution in [-0.2, 0) is 14.9 Å². The van der Waals surface area contributed by atoms with Gasteiger partial charge in [-0.3, -0.25) is 4.55 Å². The van der Waals surface area contributed by atoms with Crippen molar-refractivity contribution in [2.45, 2.75) is 0 Å². The Kier molecular flexibility index (Phi) is 2.84. The van der Waals surface area contributed by atoms with Gasteiger partial charge < -0.3 is 10.5 Å². The highest BCUT2D eigenvalue weighted by atomic mass is 32.2. The van der Waals surface area contributed by atoms with Crippen molar-refractivity contribution in [2.24, 2.45) is 17.6 Å². The molecule has 0 saturated heterocycles. The summed E-state index contributed by atoms with van der Waals surface area (Å²) in [6.07, 6.45) is 8.00. The Morgan fingerprint density at radius 1 is 1.35 bits per heavy atom. The van der Waals surface area contributed by atoms with Gasteiger partial charge in [-0.25, -0.2) is 0 Å². The van der Waals surface area contributed by atoms with E-state index in [1.165, 1.54) is 19.3 Å². The van der Waals surface area contributed by atoms with Gasteiger partial charge in [-0.15, -0.1) is 0 Å². The fourth-order valence-corrected chi connectivity index (χ4v) is 2.56. The molecular weight excluding hydrogens is 242 g/mol. The minimum Gasteiger partial charge on any atom is -0.495 e. The van der Waals surface area contributed by atoms with Crippen LogP contribution in [0.25, 0.3) is 0 Å². The second-order valence-corrected chi connectivity index (χ2v) is 5.31. The molecule has 0 heterocycles. The van der Waals surface area contributed by atoms with Gasteiger partial charge in [-0.1, -0.05) is 18.2 Å². The standard InChI is InChI=1S/C11H13NO4S/c1-16-10-5-2-7-6-8(17(13,14)15)3-4-9(7)11(10)12/h2-7,9H,12H2,1H3,(H,13,14,15). The number of rotatable bonds is 2. The Balaban J connectivity index is 2.37. The van der Waals surface area contributed by atoms with Gasteiger partial charge in [0, 0.05) is 11.8 Å². The predicted molar refractivity (Wildman–Crippen MR) is 63.1 cm³/mol. The summed E-state index contributed by atoms with van der Waals surface area (Å²) in [6.45, 7) is 0. The van der Waals surface area contributed by atoms with Crippen LogP contribution < -0.4 is 5.73 Å². The van der Waals surface area contributed by atoms with Crippen LogP contribution in [0.1, 0.15) is 0 Å². The molecule has 3 N–H and O–H groups in total. The summed E-state index contributed by atoms with van der Waals surface area (Å²) in [4.78, 5) is -0.0999. The van der Waals surface area contributed by atoms with Crippen molar-refractivity contribution in [3.63, 3.8) is 0 Å². The lowest BCUT2D eigenvalue weighted by atomic mass is 9.82. The number of hydrogen-bond acceptors (Lipinski definition) is 4. The molecule has 17 heavy (non-hydrogen) atoms. The molecule has 0 spiro atoms. The first kappa shape index (κ1) is 11.9. The van der Waals surface area contributed by atoms with Gasteiger partial charge in [0.25, 0.3) is 10.1 Å². The van der Waals surface area contributed by atoms with Crippen molar-refractivity contribution in [3.05, 3.63) is 46.7 Å². The smallest absolute Gasteiger partial charge is 0.294 e. The summed E-state index contributed by atoms with van der Waals surface area (Å²) in [5.74, 6) is 0.288. The lowest BCUT2D eigenvalue weighted by Crippen LogP contribution is -2.25. The molecule has 2 aliphatic carbocycles. The highest BCUT2D eigenvalue weighted by molar-refractivity contribution is 7.90. The molecule has 0 aliphatic heterocycles. The zero-order valence-electron chi connectivity index (χ0n) is 9.20. The Hall–Kier alpha value is -1.53. The SMILES string of the molecule is COC1=C(N)C2C=CC(S(=O)(=O)O)=CC2C=C1. The Labute approximate surface area is 99.7 Å². The second-order valence-electron chi connectivity index (χ2n) is 3.89. The van der Waals surface area contributed by atoms with Gasteiger partial charge in [0.05, 0.1) is 17.7 Å². The summed E-state index contributed by atoms with van der Waals surface area (Å²) < 4.78 is 36.1. The molecule has 5 nitrogen and oxygen atoms in total. The fraction of sp³-hybridized carbons (Fsp3) is 0.273. The monoisotopic (exact) mass is 255 g/mol. The molecule has 6 heteroatoms. The highest BCUT2D eigenvalue weighted by Crippen LogP contribution is 2.34. The van der Waals surface area contributed by atoms with Gasteiger partial charge in [0.2, 0.25) is 0 Å². The summed E-state index contributed by atoms with van der Waals surface area (Å²) in [5.41, 5.74) is 6.47. The van der Waals surface area contributed by atoms with Crippen molar-refractivity contribution in [1.82, 2.24) is 0 Å². The molecule has 2 aliphatic rings. The third-order valence-electron chi connectivity index (χ3n) is 2.87. The van der Waals surface area contributed by atoms with Gasteiger partial charge in [0.1, 0.15) is 5.76 Å². The number of hydrogen-bond donors (Lipinski definition) is 2. The quantitative estimate of drug-likeness (QED) is 0.717. The molecule has 2 rings (SSSR count). The molecule has 0 bridgehead atoms. The molecule has 0 fully saturated rings. The zero-order chi connectivity index (χ0) is 12.6. The van der Waals surface area contributed by atoms with Gasteiger partial charge in [0.15, 0.2) is 0 Å². The first-order valence-corrected chi connectivity index (χ1v) is 6.47. The van der Waals surface area contributed by atoms with E-state index in [2.05, 4.69) is 0 Å². The normalized spacial score (nSPS) is 27.8. The molecule has 92 valence electrons. The maximum Gasteiger partial charge on any atom is 0.294 e. The molecular formula is C11H13NO4S. The molecule has 2 atom stereocenters. The van der Waals surface area contributed by atoms with Crippen molar-refractivity contribution in [2.75, 3.05) is 7.11 Å². The first-order chi connectivity index (χ1) is 7.93. The van der Waals surface area contributed by atoms with E-state index in [-0.39, 0.29) is 16.7 Å². The molecule has 0 aromatic carbocycles. The number of nitrogens with two attached hydrogens (primary N) is 1. The fourth-order valence-electron chi connectivity index (χ4n) is 1.98. The molecule has 0 amide bonds. The topological polar surface area (TPSA) is 89.6 Å². The average molecular weight is 255 g/mol. The van der Waals surface area contributed by atoms with Crippen molar-refractivity contribution < 1.29 is 17.7 Å². The van der Waals surface area contributed by atoms with E-state index < -0.39 is 10.1 Å². The Morgan fingerprint density at radius 2 is 2.06 bits per heavy atom. The number of fused-ring (bicyclic) bond motifs is 1. The molecule has 0 radical (unpaired) electrons. The highest BCUT2D eigenvalue weighted by Gasteiger charge is 2.29. The van der Waals surface area contributed by atoms with Gasteiger partial charge in [-0.05, 0) is 12.2 Å². The lowest BCUT2D eigenvalue weighted by molar-refractivity contribution is 0.292. The zero-order valence-corrected chi connectivity index (χ0v) is 10.0. The molecule has 2 unspecified atom stereocenters. The van der Waals surface area contributed by atoms with Crippen LogP contribution in [-0.4, -0.2) is 20.1 Å². The number of methoxy groups -OCH3 is 1. The molecule has 0 aromatic heterocycles. The maximum atomic E-state index is 11.0. The van der Waals surface area contributed by atoms with E-state index >= 15 is 0 Å². The minimum atomic E-state index is -4.16. The summed E-state index contributed by atoms with van der Waals surface area (Å²) in [5, 5.41) is 0. The van der Waals surface area contributed by atoms with Crippen LogP contribution in [0.15, 0.2) is 46.7 Å². The van der Waals surface area contributed by atoms with Crippen LogP contribution in [0, 0.1) is 11.8 Å². The number of ether oxygens (including phenoxy) is 1. The van der Waals surface area contributed by atoms with E-state index in [0.717, 1.165) is 0 Å². The van der Waals surface area contributed by atoms with Crippen molar-refractivity contribution >= 4 is 10.1 Å². The Bertz CT molecular complexity index is 554. The van der Waals surface area contributed by atoms with E-state index in [9.17, 15) is 8.42 Å². The maximum absolute atomic E-state index is 11.0. The van der Waals surface area contributed by atoms with Crippen LogP contribution >= 0.6 is 0 Å².